The van der Waals surface area contributed by atoms with Crippen LogP contribution in [-0.2, 0) is 0 Å². The lowest BCUT2D eigenvalue weighted by Gasteiger charge is -1.92. The minimum Gasteiger partial charge on any atom is -0.441 e. The van der Waals surface area contributed by atoms with E-state index in [0.717, 1.165) is 17.9 Å². The van der Waals surface area contributed by atoms with Crippen LogP contribution in [0.25, 0.3) is 12.2 Å². The molecule has 0 N–H and O–H groups in total. The summed E-state index contributed by atoms with van der Waals surface area (Å²) in [4.78, 5) is 4.19. The first kappa shape index (κ1) is 13.7. The largest absolute Gasteiger partial charge is 0.441 e. The molecule has 0 unspecified atom stereocenters. The zero-order valence-electron chi connectivity index (χ0n) is 10.4. The quantitative estimate of drug-likeness (QED) is 0.731. The zero-order chi connectivity index (χ0) is 11.8. The van der Waals surface area contributed by atoms with Crippen molar-refractivity contribution in [2.75, 3.05) is 0 Å². The summed E-state index contributed by atoms with van der Waals surface area (Å²) < 4.78 is 5.42. The van der Waals surface area contributed by atoms with E-state index in [1.165, 1.54) is 5.57 Å². The Morgan fingerprint density at radius 3 is 2.53 bits per heavy atom. The molecule has 1 heterocycles. The maximum Gasteiger partial charge on any atom is 0.192 e. The second-order valence-corrected chi connectivity index (χ2v) is 3.03. The van der Waals surface area contributed by atoms with Gasteiger partial charge in [-0.25, -0.2) is 4.98 Å². The molecule has 0 aliphatic carbocycles. The van der Waals surface area contributed by atoms with Gasteiger partial charge in [-0.05, 0) is 25.5 Å². The SMILES string of the molecule is C=Cc1nc(C)oc1/C=C(/C)CC.CC. The number of aryl methyl sites for hydroxylation is 1. The number of rotatable bonds is 3. The van der Waals surface area contributed by atoms with E-state index in [4.69, 9.17) is 4.42 Å². The molecule has 0 aliphatic rings. The molecule has 0 spiro atoms. The average molecular weight is 207 g/mol. The third-order valence-electron chi connectivity index (χ3n) is 1.92. The fraction of sp³-hybridized carbons (Fsp3) is 0.462. The lowest BCUT2D eigenvalue weighted by molar-refractivity contribution is 0.512. The van der Waals surface area contributed by atoms with Gasteiger partial charge in [0.15, 0.2) is 11.7 Å². The number of hydrogen-bond donors (Lipinski definition) is 0. The third kappa shape index (κ3) is 4.15. The predicted molar refractivity (Wildman–Crippen MR) is 66.6 cm³/mol. The molecular weight excluding hydrogens is 186 g/mol. The second kappa shape index (κ2) is 7.04. The Hall–Kier alpha value is -1.31. The van der Waals surface area contributed by atoms with Crippen LogP contribution in [0.5, 0.6) is 0 Å². The van der Waals surface area contributed by atoms with Gasteiger partial charge < -0.3 is 4.42 Å². The normalized spacial score (nSPS) is 10.6. The van der Waals surface area contributed by atoms with E-state index < -0.39 is 0 Å². The highest BCUT2D eigenvalue weighted by molar-refractivity contribution is 5.58. The van der Waals surface area contributed by atoms with Crippen LogP contribution >= 0.6 is 0 Å². The molecule has 1 rings (SSSR count). The standard InChI is InChI=1S/C11H15NO.C2H6/c1-5-8(3)7-11-10(6-2)12-9(4)13-11;1-2/h6-7H,2,5H2,1,3-4H3;1-2H3/b8-7-;. The van der Waals surface area contributed by atoms with Crippen LogP contribution in [-0.4, -0.2) is 4.98 Å². The van der Waals surface area contributed by atoms with Crippen LogP contribution in [0.4, 0.5) is 0 Å². The molecule has 0 saturated carbocycles. The molecule has 0 atom stereocenters. The zero-order valence-corrected chi connectivity index (χ0v) is 10.4. The molecule has 1 aromatic heterocycles. The van der Waals surface area contributed by atoms with Crippen LogP contribution in [0, 0.1) is 6.92 Å². The molecule has 0 fully saturated rings. The van der Waals surface area contributed by atoms with Gasteiger partial charge in [-0.15, -0.1) is 0 Å². The van der Waals surface area contributed by atoms with Gasteiger partial charge >= 0.3 is 0 Å². The molecule has 1 aromatic rings. The van der Waals surface area contributed by atoms with Gasteiger partial charge in [-0.3, -0.25) is 0 Å². The fourth-order valence-corrected chi connectivity index (χ4v) is 1.03. The smallest absolute Gasteiger partial charge is 0.192 e. The van der Waals surface area contributed by atoms with Crippen LogP contribution in [0.2, 0.25) is 0 Å². The summed E-state index contributed by atoms with van der Waals surface area (Å²) in [7, 11) is 0. The summed E-state index contributed by atoms with van der Waals surface area (Å²) >= 11 is 0. The lowest BCUT2D eigenvalue weighted by atomic mass is 10.2. The van der Waals surface area contributed by atoms with Crippen molar-refractivity contribution >= 4 is 12.2 Å². The van der Waals surface area contributed by atoms with Gasteiger partial charge in [0.2, 0.25) is 0 Å². The average Bonchev–Trinajstić information content (AvgIpc) is 2.61. The van der Waals surface area contributed by atoms with E-state index in [1.54, 1.807) is 6.08 Å². The molecular formula is C13H21NO. The van der Waals surface area contributed by atoms with Crippen molar-refractivity contribution in [3.05, 3.63) is 29.5 Å². The molecule has 84 valence electrons. The van der Waals surface area contributed by atoms with Crippen LogP contribution < -0.4 is 0 Å². The van der Waals surface area contributed by atoms with Crippen LogP contribution in [0.1, 0.15) is 51.5 Å². The summed E-state index contributed by atoms with van der Waals surface area (Å²) in [5.74, 6) is 1.50. The number of hydrogen-bond acceptors (Lipinski definition) is 2. The highest BCUT2D eigenvalue weighted by atomic mass is 16.4. The maximum atomic E-state index is 5.42. The minimum absolute atomic E-state index is 0.685. The molecule has 0 aliphatic heterocycles. The molecule has 0 amide bonds. The van der Waals surface area contributed by atoms with Crippen molar-refractivity contribution in [3.8, 4) is 0 Å². The lowest BCUT2D eigenvalue weighted by Crippen LogP contribution is -1.77. The molecule has 2 heteroatoms. The van der Waals surface area contributed by atoms with E-state index in [9.17, 15) is 0 Å². The van der Waals surface area contributed by atoms with Crippen molar-refractivity contribution in [2.24, 2.45) is 0 Å². The van der Waals surface area contributed by atoms with Crippen LogP contribution in [0.3, 0.4) is 0 Å². The van der Waals surface area contributed by atoms with E-state index in [0.29, 0.717) is 5.89 Å². The summed E-state index contributed by atoms with van der Waals surface area (Å²) in [6.45, 7) is 13.7. The van der Waals surface area contributed by atoms with Gasteiger partial charge in [0.25, 0.3) is 0 Å². The first-order chi connectivity index (χ1) is 7.17. The van der Waals surface area contributed by atoms with Gasteiger partial charge in [-0.2, -0.15) is 0 Å². The number of nitrogens with zero attached hydrogens (tertiary/aromatic N) is 1. The monoisotopic (exact) mass is 207 g/mol. The van der Waals surface area contributed by atoms with Gasteiger partial charge in [0.1, 0.15) is 5.69 Å². The Morgan fingerprint density at radius 2 is 2.07 bits per heavy atom. The Labute approximate surface area is 92.7 Å². The molecule has 0 radical (unpaired) electrons. The van der Waals surface area contributed by atoms with E-state index in [-0.39, 0.29) is 0 Å². The first-order valence-electron chi connectivity index (χ1n) is 5.44. The maximum absolute atomic E-state index is 5.42. The molecule has 0 saturated heterocycles. The van der Waals surface area contributed by atoms with Crippen molar-refractivity contribution in [2.45, 2.75) is 41.0 Å². The molecule has 15 heavy (non-hydrogen) atoms. The van der Waals surface area contributed by atoms with Crippen molar-refractivity contribution < 1.29 is 4.42 Å². The van der Waals surface area contributed by atoms with E-state index >= 15 is 0 Å². The van der Waals surface area contributed by atoms with Gasteiger partial charge in [0.05, 0.1) is 0 Å². The van der Waals surface area contributed by atoms with E-state index in [2.05, 4.69) is 25.4 Å². The highest BCUT2D eigenvalue weighted by Gasteiger charge is 2.04. The second-order valence-electron chi connectivity index (χ2n) is 3.03. The topological polar surface area (TPSA) is 26.0 Å². The minimum atomic E-state index is 0.685. The predicted octanol–water partition coefficient (Wildman–Crippen LogP) is 4.47. The van der Waals surface area contributed by atoms with Crippen LogP contribution in [0.15, 0.2) is 16.6 Å². The molecule has 2 nitrogen and oxygen atoms in total. The van der Waals surface area contributed by atoms with E-state index in [1.807, 2.05) is 26.8 Å². The van der Waals surface area contributed by atoms with Gasteiger partial charge in [-0.1, -0.05) is 32.9 Å². The van der Waals surface area contributed by atoms with Crippen molar-refractivity contribution in [3.63, 3.8) is 0 Å². The summed E-state index contributed by atoms with van der Waals surface area (Å²) in [6.07, 6.45) is 4.75. The summed E-state index contributed by atoms with van der Waals surface area (Å²) in [5.41, 5.74) is 2.10. The number of allylic oxidation sites excluding steroid dienone is 1. The number of oxazole rings is 1. The van der Waals surface area contributed by atoms with Gasteiger partial charge in [0, 0.05) is 6.92 Å². The fourth-order valence-electron chi connectivity index (χ4n) is 1.03. The summed E-state index contributed by atoms with van der Waals surface area (Å²) in [6, 6.07) is 0. The van der Waals surface area contributed by atoms with Crippen molar-refractivity contribution in [1.82, 2.24) is 4.98 Å². The Morgan fingerprint density at radius 1 is 1.47 bits per heavy atom. The molecule has 0 bridgehead atoms. The number of aromatic nitrogens is 1. The Kier molecular flexibility index (Phi) is 6.43. The van der Waals surface area contributed by atoms with Crippen molar-refractivity contribution in [1.29, 1.82) is 0 Å². The Balaban J connectivity index is 0.000000921. The molecule has 0 aromatic carbocycles. The summed E-state index contributed by atoms with van der Waals surface area (Å²) in [5, 5.41) is 0. The first-order valence-corrected chi connectivity index (χ1v) is 5.44. The Bertz CT molecular complexity index is 334. The third-order valence-corrected chi connectivity index (χ3v) is 1.92. The highest BCUT2D eigenvalue weighted by Crippen LogP contribution is 2.16.